The summed E-state index contributed by atoms with van der Waals surface area (Å²) in [6.07, 6.45) is 1.44. The second-order valence-electron chi connectivity index (χ2n) is 8.55. The van der Waals surface area contributed by atoms with E-state index in [4.69, 9.17) is 21.1 Å². The molecule has 0 radical (unpaired) electrons. The summed E-state index contributed by atoms with van der Waals surface area (Å²) in [5.74, 6) is 1.55. The van der Waals surface area contributed by atoms with Gasteiger partial charge in [0.1, 0.15) is 5.75 Å². The Morgan fingerprint density at radius 3 is 2.80 bits per heavy atom. The third-order valence-electron chi connectivity index (χ3n) is 6.21. The quantitative estimate of drug-likeness (QED) is 0.708. The van der Waals surface area contributed by atoms with Gasteiger partial charge in [0.2, 0.25) is 0 Å². The Balaban J connectivity index is 1.76. The standard InChI is InChI=1S/C24H29ClN2O3/c1-15(2)27(4)24(28)30-22-13-19-17(12-21(22)25)8-10-26(3)14-20(19)18-7-5-6-16-9-11-29-23(16)18/h5-7,12-13,15,20H,8-11,14H2,1-4H3. The maximum atomic E-state index is 12.5. The van der Waals surface area contributed by atoms with E-state index in [1.54, 1.807) is 11.9 Å². The van der Waals surface area contributed by atoms with E-state index >= 15 is 0 Å². The average molecular weight is 429 g/mol. The van der Waals surface area contributed by atoms with Gasteiger partial charge in [-0.1, -0.05) is 29.8 Å². The highest BCUT2D eigenvalue weighted by Crippen LogP contribution is 2.42. The number of amides is 1. The van der Waals surface area contributed by atoms with Gasteiger partial charge >= 0.3 is 6.09 Å². The molecular weight excluding hydrogens is 400 g/mol. The molecule has 2 aromatic rings. The summed E-state index contributed by atoms with van der Waals surface area (Å²) in [7, 11) is 3.87. The van der Waals surface area contributed by atoms with Crippen molar-refractivity contribution in [2.24, 2.45) is 0 Å². The molecule has 2 heterocycles. The van der Waals surface area contributed by atoms with Crippen LogP contribution in [0.25, 0.3) is 0 Å². The van der Waals surface area contributed by atoms with Crippen molar-refractivity contribution in [1.29, 1.82) is 0 Å². The molecule has 1 atom stereocenters. The van der Waals surface area contributed by atoms with Crippen LogP contribution in [0.3, 0.4) is 0 Å². The van der Waals surface area contributed by atoms with Crippen molar-refractivity contribution in [3.8, 4) is 11.5 Å². The summed E-state index contributed by atoms with van der Waals surface area (Å²) >= 11 is 6.53. The molecule has 1 amide bonds. The minimum absolute atomic E-state index is 0.0440. The molecule has 4 rings (SSSR count). The zero-order chi connectivity index (χ0) is 21.4. The Hall–Kier alpha value is -2.24. The molecule has 0 saturated heterocycles. The predicted molar refractivity (Wildman–Crippen MR) is 119 cm³/mol. The maximum Gasteiger partial charge on any atom is 0.415 e. The fourth-order valence-electron chi connectivity index (χ4n) is 4.20. The van der Waals surface area contributed by atoms with E-state index in [1.807, 2.05) is 26.0 Å². The van der Waals surface area contributed by atoms with Crippen LogP contribution in [-0.4, -0.2) is 55.7 Å². The fraction of sp³-hybridized carbons (Fsp3) is 0.458. The van der Waals surface area contributed by atoms with E-state index in [0.717, 1.165) is 43.9 Å². The van der Waals surface area contributed by atoms with Crippen LogP contribution in [-0.2, 0) is 12.8 Å². The number of hydrogen-bond acceptors (Lipinski definition) is 4. The number of benzene rings is 2. The molecule has 0 fully saturated rings. The number of likely N-dealkylation sites (N-methyl/N-ethyl adjacent to an activating group) is 1. The number of rotatable bonds is 3. The van der Waals surface area contributed by atoms with Gasteiger partial charge in [-0.3, -0.25) is 0 Å². The van der Waals surface area contributed by atoms with E-state index in [0.29, 0.717) is 10.8 Å². The molecule has 6 heteroatoms. The second kappa shape index (κ2) is 8.48. The van der Waals surface area contributed by atoms with Crippen LogP contribution in [0.5, 0.6) is 11.5 Å². The van der Waals surface area contributed by atoms with Gasteiger partial charge in [-0.2, -0.15) is 0 Å². The second-order valence-corrected chi connectivity index (χ2v) is 8.96. The molecule has 0 saturated carbocycles. The highest BCUT2D eigenvalue weighted by Gasteiger charge is 2.29. The summed E-state index contributed by atoms with van der Waals surface area (Å²) in [6, 6.07) is 10.4. The SMILES string of the molecule is CC(C)N(C)C(=O)Oc1cc2c(cc1Cl)CCN(C)CC2c1cccc2c1OCC2. The van der Waals surface area contributed by atoms with E-state index in [-0.39, 0.29) is 12.0 Å². The van der Waals surface area contributed by atoms with Crippen molar-refractivity contribution in [3.05, 3.63) is 57.6 Å². The lowest BCUT2D eigenvalue weighted by molar-refractivity contribution is 0.152. The van der Waals surface area contributed by atoms with E-state index in [9.17, 15) is 4.79 Å². The number of ether oxygens (including phenoxy) is 2. The number of carbonyl (C=O) groups excluding carboxylic acids is 1. The lowest BCUT2D eigenvalue weighted by Crippen LogP contribution is -2.35. The fourth-order valence-corrected chi connectivity index (χ4v) is 4.42. The normalized spacial score (nSPS) is 18.4. The van der Waals surface area contributed by atoms with E-state index in [2.05, 4.69) is 30.1 Å². The van der Waals surface area contributed by atoms with E-state index < -0.39 is 6.09 Å². The Morgan fingerprint density at radius 2 is 2.03 bits per heavy atom. The number of carbonyl (C=O) groups is 1. The third kappa shape index (κ3) is 4.01. The van der Waals surface area contributed by atoms with Crippen molar-refractivity contribution in [2.75, 3.05) is 33.8 Å². The van der Waals surface area contributed by atoms with Crippen molar-refractivity contribution in [2.45, 2.75) is 38.6 Å². The van der Waals surface area contributed by atoms with Crippen LogP contribution in [0.4, 0.5) is 4.79 Å². The summed E-state index contributed by atoms with van der Waals surface area (Å²) in [4.78, 5) is 16.4. The summed E-state index contributed by atoms with van der Waals surface area (Å²) in [6.45, 7) is 6.44. The molecular formula is C24H29ClN2O3. The van der Waals surface area contributed by atoms with Crippen molar-refractivity contribution >= 4 is 17.7 Å². The van der Waals surface area contributed by atoms with Gasteiger partial charge in [0, 0.05) is 44.1 Å². The van der Waals surface area contributed by atoms with Crippen molar-refractivity contribution in [1.82, 2.24) is 9.80 Å². The molecule has 0 N–H and O–H groups in total. The monoisotopic (exact) mass is 428 g/mol. The van der Waals surface area contributed by atoms with Crippen LogP contribution in [0.15, 0.2) is 30.3 Å². The minimum Gasteiger partial charge on any atom is -0.493 e. The Kier molecular flexibility index (Phi) is 5.94. The van der Waals surface area contributed by atoms with Gasteiger partial charge in [-0.15, -0.1) is 0 Å². The molecule has 2 aromatic carbocycles. The number of hydrogen-bond donors (Lipinski definition) is 0. The minimum atomic E-state index is -0.405. The molecule has 5 nitrogen and oxygen atoms in total. The molecule has 0 aromatic heterocycles. The summed E-state index contributed by atoms with van der Waals surface area (Å²) < 4.78 is 11.7. The summed E-state index contributed by atoms with van der Waals surface area (Å²) in [5.41, 5.74) is 4.81. The first kappa shape index (κ1) is 21.0. The number of para-hydroxylation sites is 1. The van der Waals surface area contributed by atoms with Crippen LogP contribution in [0.2, 0.25) is 5.02 Å². The first-order chi connectivity index (χ1) is 14.3. The van der Waals surface area contributed by atoms with Crippen LogP contribution in [0.1, 0.15) is 42.0 Å². The van der Waals surface area contributed by atoms with Crippen molar-refractivity contribution < 1.29 is 14.3 Å². The Morgan fingerprint density at radius 1 is 1.23 bits per heavy atom. The molecule has 2 aliphatic rings. The molecule has 0 spiro atoms. The lowest BCUT2D eigenvalue weighted by atomic mass is 9.86. The van der Waals surface area contributed by atoms with Gasteiger partial charge < -0.3 is 19.3 Å². The molecule has 160 valence electrons. The highest BCUT2D eigenvalue weighted by molar-refractivity contribution is 6.32. The number of nitrogens with zero attached hydrogens (tertiary/aromatic N) is 2. The van der Waals surface area contributed by atoms with Gasteiger partial charge in [-0.05, 0) is 56.1 Å². The number of fused-ring (bicyclic) bond motifs is 2. The molecule has 1 unspecified atom stereocenters. The first-order valence-electron chi connectivity index (χ1n) is 10.5. The first-order valence-corrected chi connectivity index (χ1v) is 10.9. The molecule has 30 heavy (non-hydrogen) atoms. The van der Waals surface area contributed by atoms with Crippen LogP contribution >= 0.6 is 11.6 Å². The number of halogens is 1. The lowest BCUT2D eigenvalue weighted by Gasteiger charge is -2.25. The smallest absolute Gasteiger partial charge is 0.415 e. The molecule has 2 aliphatic heterocycles. The molecule has 0 aliphatic carbocycles. The Bertz CT molecular complexity index is 960. The Labute approximate surface area is 183 Å². The van der Waals surface area contributed by atoms with Gasteiger partial charge in [-0.25, -0.2) is 4.79 Å². The summed E-state index contributed by atoms with van der Waals surface area (Å²) in [5, 5.41) is 0.470. The van der Waals surface area contributed by atoms with Crippen molar-refractivity contribution in [3.63, 3.8) is 0 Å². The van der Waals surface area contributed by atoms with Crippen LogP contribution < -0.4 is 9.47 Å². The highest BCUT2D eigenvalue weighted by atomic mass is 35.5. The predicted octanol–water partition coefficient (Wildman–Crippen LogP) is 4.73. The average Bonchev–Trinajstić information content (AvgIpc) is 3.14. The van der Waals surface area contributed by atoms with E-state index in [1.165, 1.54) is 16.7 Å². The maximum absolute atomic E-state index is 12.5. The zero-order valence-electron chi connectivity index (χ0n) is 18.1. The third-order valence-corrected chi connectivity index (χ3v) is 6.50. The van der Waals surface area contributed by atoms with Gasteiger partial charge in [0.15, 0.2) is 5.75 Å². The van der Waals surface area contributed by atoms with Crippen LogP contribution in [0, 0.1) is 0 Å². The molecule has 0 bridgehead atoms. The topological polar surface area (TPSA) is 42.0 Å². The largest absolute Gasteiger partial charge is 0.493 e. The van der Waals surface area contributed by atoms with Gasteiger partial charge in [0.05, 0.1) is 11.6 Å². The zero-order valence-corrected chi connectivity index (χ0v) is 18.8. The van der Waals surface area contributed by atoms with Gasteiger partial charge in [0.25, 0.3) is 0 Å².